The molecule has 0 radical (unpaired) electrons. The molecule has 2 rings (SSSR count). The van der Waals surface area contributed by atoms with Crippen LogP contribution < -0.4 is 10.2 Å². The molecule has 104 valence electrons. The fraction of sp³-hybridized carbons (Fsp3) is 0.500. The van der Waals surface area contributed by atoms with Crippen molar-refractivity contribution in [3.63, 3.8) is 0 Å². The van der Waals surface area contributed by atoms with E-state index >= 15 is 0 Å². The van der Waals surface area contributed by atoms with Crippen molar-refractivity contribution in [2.45, 2.75) is 25.5 Å². The number of aliphatic hydroxyl groups is 1. The number of hydrogen-bond acceptors (Lipinski definition) is 4. The number of carbonyl (C=O) groups excluding carboxylic acids is 1. The molecule has 0 saturated heterocycles. The molecule has 0 fully saturated rings. The maximum atomic E-state index is 11.4. The van der Waals surface area contributed by atoms with Crippen LogP contribution in [-0.4, -0.2) is 36.1 Å². The number of hydrogen-bond donors (Lipinski definition) is 2. The second-order valence-electron chi connectivity index (χ2n) is 4.90. The van der Waals surface area contributed by atoms with E-state index in [-0.39, 0.29) is 5.91 Å². The number of thioether (sulfide) groups is 1. The minimum atomic E-state index is -1.02. The first kappa shape index (κ1) is 14.2. The Bertz CT molecular complexity index is 479. The van der Waals surface area contributed by atoms with Crippen molar-refractivity contribution < 1.29 is 9.90 Å². The van der Waals surface area contributed by atoms with E-state index in [1.165, 1.54) is 0 Å². The van der Waals surface area contributed by atoms with Gasteiger partial charge in [0.05, 0.1) is 0 Å². The Kier molecular flexibility index (Phi) is 4.37. The molecular weight excluding hydrogens is 260 g/mol. The van der Waals surface area contributed by atoms with Gasteiger partial charge in [-0.25, -0.2) is 0 Å². The molecule has 5 heteroatoms. The highest BCUT2D eigenvalue weighted by Crippen LogP contribution is 2.34. The second-order valence-corrected chi connectivity index (χ2v) is 5.89. The van der Waals surface area contributed by atoms with E-state index in [1.807, 2.05) is 30.0 Å². The van der Waals surface area contributed by atoms with Crippen LogP contribution >= 0.6 is 11.8 Å². The van der Waals surface area contributed by atoms with E-state index in [0.29, 0.717) is 11.6 Å². The lowest BCUT2D eigenvalue weighted by atomic mass is 10.1. The van der Waals surface area contributed by atoms with Crippen molar-refractivity contribution in [3.05, 3.63) is 23.8 Å². The molecule has 2 unspecified atom stereocenters. The number of rotatable bonds is 5. The normalized spacial score (nSPS) is 18.9. The average molecular weight is 280 g/mol. The summed E-state index contributed by atoms with van der Waals surface area (Å²) >= 11 is 1.85. The van der Waals surface area contributed by atoms with Gasteiger partial charge in [-0.05, 0) is 37.5 Å². The van der Waals surface area contributed by atoms with Crippen molar-refractivity contribution in [1.82, 2.24) is 0 Å². The van der Waals surface area contributed by atoms with Crippen LogP contribution in [0.25, 0.3) is 0 Å². The van der Waals surface area contributed by atoms with Gasteiger partial charge in [-0.1, -0.05) is 6.07 Å². The molecule has 0 bridgehead atoms. The fourth-order valence-electron chi connectivity index (χ4n) is 2.19. The second kappa shape index (κ2) is 5.84. The summed E-state index contributed by atoms with van der Waals surface area (Å²) in [6, 6.07) is 6.15. The van der Waals surface area contributed by atoms with E-state index in [1.54, 1.807) is 0 Å². The molecule has 0 saturated carbocycles. The Hall–Kier alpha value is -1.20. The number of amides is 1. The SMILES string of the molecule is CSCCC(C)N(C)c1ccc2c(c1)NC(=O)C2O. The Balaban J connectivity index is 2.15. The highest BCUT2D eigenvalue weighted by molar-refractivity contribution is 7.98. The quantitative estimate of drug-likeness (QED) is 0.868. The van der Waals surface area contributed by atoms with Crippen molar-refractivity contribution >= 4 is 29.0 Å². The van der Waals surface area contributed by atoms with E-state index < -0.39 is 6.10 Å². The van der Waals surface area contributed by atoms with Gasteiger partial charge < -0.3 is 15.3 Å². The van der Waals surface area contributed by atoms with Crippen LogP contribution in [0.5, 0.6) is 0 Å². The Morgan fingerprint density at radius 3 is 2.95 bits per heavy atom. The van der Waals surface area contributed by atoms with Gasteiger partial charge in [-0.15, -0.1) is 0 Å². The Morgan fingerprint density at radius 2 is 2.26 bits per heavy atom. The first-order valence-electron chi connectivity index (χ1n) is 6.39. The molecule has 19 heavy (non-hydrogen) atoms. The lowest BCUT2D eigenvalue weighted by molar-refractivity contribution is -0.123. The third-order valence-electron chi connectivity index (χ3n) is 3.65. The zero-order chi connectivity index (χ0) is 14.0. The molecule has 1 aliphatic rings. The predicted molar refractivity (Wildman–Crippen MR) is 80.9 cm³/mol. The minimum absolute atomic E-state index is 0.342. The molecule has 1 aromatic carbocycles. The molecule has 1 aliphatic heterocycles. The molecule has 2 atom stereocenters. The van der Waals surface area contributed by atoms with Crippen LogP contribution in [0.15, 0.2) is 18.2 Å². The lowest BCUT2D eigenvalue weighted by Gasteiger charge is -2.27. The van der Waals surface area contributed by atoms with Gasteiger partial charge in [0.15, 0.2) is 6.10 Å². The highest BCUT2D eigenvalue weighted by Gasteiger charge is 2.28. The number of nitrogens with one attached hydrogen (secondary N) is 1. The van der Waals surface area contributed by atoms with Crippen LogP contribution in [-0.2, 0) is 4.79 Å². The molecule has 2 N–H and O–H groups in total. The average Bonchev–Trinajstić information content (AvgIpc) is 2.70. The van der Waals surface area contributed by atoms with E-state index in [9.17, 15) is 9.90 Å². The Labute approximate surface area is 118 Å². The van der Waals surface area contributed by atoms with Crippen molar-refractivity contribution in [2.75, 3.05) is 29.3 Å². The maximum absolute atomic E-state index is 11.4. The summed E-state index contributed by atoms with van der Waals surface area (Å²) in [5.41, 5.74) is 2.44. The fourth-order valence-corrected chi connectivity index (χ4v) is 2.77. The first-order chi connectivity index (χ1) is 9.04. The lowest BCUT2D eigenvalue weighted by Crippen LogP contribution is -2.29. The van der Waals surface area contributed by atoms with E-state index in [0.717, 1.165) is 23.5 Å². The predicted octanol–water partition coefficient (Wildman–Crippen LogP) is 2.25. The molecule has 0 aromatic heterocycles. The molecular formula is C14H20N2O2S. The van der Waals surface area contributed by atoms with Crippen LogP contribution in [0.3, 0.4) is 0 Å². The highest BCUT2D eigenvalue weighted by atomic mass is 32.2. The monoisotopic (exact) mass is 280 g/mol. The maximum Gasteiger partial charge on any atom is 0.257 e. The molecule has 1 aromatic rings. The number of carbonyl (C=O) groups is 1. The molecule has 1 amide bonds. The summed E-state index contributed by atoms with van der Waals surface area (Å²) in [5.74, 6) is 0.788. The summed E-state index contributed by atoms with van der Waals surface area (Å²) in [7, 11) is 2.06. The van der Waals surface area contributed by atoms with Crippen molar-refractivity contribution in [3.8, 4) is 0 Å². The number of aliphatic hydroxyl groups excluding tert-OH is 1. The Morgan fingerprint density at radius 1 is 1.53 bits per heavy atom. The van der Waals surface area contributed by atoms with Crippen molar-refractivity contribution in [1.29, 1.82) is 0 Å². The molecule has 4 nitrogen and oxygen atoms in total. The summed E-state index contributed by atoms with van der Waals surface area (Å²) in [4.78, 5) is 13.6. The van der Waals surface area contributed by atoms with Crippen LogP contribution in [0.1, 0.15) is 25.0 Å². The molecule has 0 spiro atoms. The van der Waals surface area contributed by atoms with Gasteiger partial charge in [0.1, 0.15) is 0 Å². The van der Waals surface area contributed by atoms with E-state index in [4.69, 9.17) is 0 Å². The third kappa shape index (κ3) is 2.87. The van der Waals surface area contributed by atoms with E-state index in [2.05, 4.69) is 30.4 Å². The van der Waals surface area contributed by atoms with Crippen LogP contribution in [0, 0.1) is 0 Å². The third-order valence-corrected chi connectivity index (χ3v) is 4.29. The number of anilines is 2. The minimum Gasteiger partial charge on any atom is -0.378 e. The van der Waals surface area contributed by atoms with Crippen molar-refractivity contribution in [2.24, 2.45) is 0 Å². The van der Waals surface area contributed by atoms with Gasteiger partial charge in [0.2, 0.25) is 0 Å². The molecule has 0 aliphatic carbocycles. The number of fused-ring (bicyclic) bond motifs is 1. The first-order valence-corrected chi connectivity index (χ1v) is 7.78. The van der Waals surface area contributed by atoms with Crippen LogP contribution in [0.2, 0.25) is 0 Å². The van der Waals surface area contributed by atoms with Gasteiger partial charge in [0.25, 0.3) is 5.91 Å². The standard InChI is InChI=1S/C14H20N2O2S/c1-9(6-7-19-3)16(2)10-4-5-11-12(8-10)15-14(18)13(11)17/h4-5,8-9,13,17H,6-7H2,1-3H3,(H,15,18). The van der Waals surface area contributed by atoms with Crippen LogP contribution in [0.4, 0.5) is 11.4 Å². The van der Waals surface area contributed by atoms with Gasteiger partial charge >= 0.3 is 0 Å². The van der Waals surface area contributed by atoms with Gasteiger partial charge in [-0.3, -0.25) is 4.79 Å². The summed E-state index contributed by atoms with van der Waals surface area (Å²) in [6.45, 7) is 2.19. The zero-order valence-electron chi connectivity index (χ0n) is 11.5. The summed E-state index contributed by atoms with van der Waals surface area (Å²) in [5, 5.41) is 12.4. The number of benzene rings is 1. The molecule has 1 heterocycles. The largest absolute Gasteiger partial charge is 0.378 e. The number of nitrogens with zero attached hydrogens (tertiary/aromatic N) is 1. The zero-order valence-corrected chi connectivity index (χ0v) is 12.3. The summed E-state index contributed by atoms with van der Waals surface area (Å²) < 4.78 is 0. The summed E-state index contributed by atoms with van der Waals surface area (Å²) in [6.07, 6.45) is 2.20. The van der Waals surface area contributed by atoms with Gasteiger partial charge in [-0.2, -0.15) is 11.8 Å². The topological polar surface area (TPSA) is 52.6 Å². The van der Waals surface area contributed by atoms with Gasteiger partial charge in [0, 0.05) is 30.0 Å². The smallest absolute Gasteiger partial charge is 0.257 e.